The second-order valence-corrected chi connectivity index (χ2v) is 8.21. The summed E-state index contributed by atoms with van der Waals surface area (Å²) in [6.07, 6.45) is 1.67. The number of aliphatic hydroxyl groups excluding tert-OH is 4. The zero-order valence-corrected chi connectivity index (χ0v) is 20.1. The first kappa shape index (κ1) is 27.7. The van der Waals surface area contributed by atoms with Crippen molar-refractivity contribution in [3.8, 4) is 23.0 Å². The molecule has 0 spiro atoms. The topological polar surface area (TPSA) is 118 Å². The van der Waals surface area contributed by atoms with Crippen LogP contribution < -0.4 is 18.9 Å². The van der Waals surface area contributed by atoms with Crippen molar-refractivity contribution in [3.05, 3.63) is 47.5 Å². The quantitative estimate of drug-likeness (QED) is 0.273. The lowest BCUT2D eigenvalue weighted by atomic mass is 9.85. The first-order valence-electron chi connectivity index (χ1n) is 11.7. The van der Waals surface area contributed by atoms with Gasteiger partial charge in [-0.1, -0.05) is 26.0 Å². The third kappa shape index (κ3) is 9.02. The molecule has 0 aliphatic carbocycles. The molecule has 0 fully saturated rings. The van der Waals surface area contributed by atoms with E-state index in [-0.39, 0.29) is 52.9 Å². The molecule has 0 heterocycles. The van der Waals surface area contributed by atoms with Crippen molar-refractivity contribution in [3.63, 3.8) is 0 Å². The van der Waals surface area contributed by atoms with Crippen LogP contribution in [0.25, 0.3) is 0 Å². The first-order chi connectivity index (χ1) is 16.5. The van der Waals surface area contributed by atoms with Crippen molar-refractivity contribution in [2.24, 2.45) is 11.8 Å². The highest BCUT2D eigenvalue weighted by Gasteiger charge is 2.17. The third-order valence-corrected chi connectivity index (χ3v) is 5.50. The SMILES string of the molecule is C[C@H](Cc1ccc(OCCO)c(OCCO)c1)[C@H](C)Cc1ccc(OCCO)c(OCCO)c1. The van der Waals surface area contributed by atoms with E-state index >= 15 is 0 Å². The van der Waals surface area contributed by atoms with E-state index in [1.807, 2.05) is 36.4 Å². The molecule has 4 N–H and O–H groups in total. The van der Waals surface area contributed by atoms with Gasteiger partial charge in [0.25, 0.3) is 0 Å². The fourth-order valence-electron chi connectivity index (χ4n) is 3.59. The third-order valence-electron chi connectivity index (χ3n) is 5.50. The monoisotopic (exact) mass is 478 g/mol. The van der Waals surface area contributed by atoms with Gasteiger partial charge in [0.2, 0.25) is 0 Å². The van der Waals surface area contributed by atoms with Crippen molar-refractivity contribution in [2.75, 3.05) is 52.9 Å². The minimum absolute atomic E-state index is 0.0863. The predicted molar refractivity (Wildman–Crippen MR) is 129 cm³/mol. The molecule has 0 unspecified atom stereocenters. The average molecular weight is 479 g/mol. The molecule has 2 rings (SSSR count). The molecule has 8 heteroatoms. The van der Waals surface area contributed by atoms with E-state index in [4.69, 9.17) is 39.4 Å². The highest BCUT2D eigenvalue weighted by Crippen LogP contribution is 2.32. The molecule has 2 atom stereocenters. The van der Waals surface area contributed by atoms with E-state index < -0.39 is 0 Å². The van der Waals surface area contributed by atoms with E-state index in [9.17, 15) is 0 Å². The molecule has 0 saturated heterocycles. The van der Waals surface area contributed by atoms with Gasteiger partial charge in [-0.05, 0) is 60.1 Å². The second kappa shape index (κ2) is 15.4. The normalized spacial score (nSPS) is 12.8. The molecule has 0 radical (unpaired) electrons. The smallest absolute Gasteiger partial charge is 0.161 e. The minimum Gasteiger partial charge on any atom is -0.487 e. The molecular weight excluding hydrogens is 440 g/mol. The summed E-state index contributed by atoms with van der Waals surface area (Å²) >= 11 is 0. The summed E-state index contributed by atoms with van der Waals surface area (Å²) in [4.78, 5) is 0. The molecule has 34 heavy (non-hydrogen) atoms. The average Bonchev–Trinajstić information content (AvgIpc) is 2.84. The Bertz CT molecular complexity index is 772. The van der Waals surface area contributed by atoms with Crippen LogP contribution in [0.5, 0.6) is 23.0 Å². The molecule has 2 aromatic carbocycles. The Hall–Kier alpha value is -2.52. The van der Waals surface area contributed by atoms with Crippen molar-refractivity contribution in [1.29, 1.82) is 0 Å². The van der Waals surface area contributed by atoms with Gasteiger partial charge in [0.05, 0.1) is 26.4 Å². The van der Waals surface area contributed by atoms with E-state index in [0.717, 1.165) is 24.0 Å². The van der Waals surface area contributed by atoms with E-state index in [1.54, 1.807) is 0 Å². The molecule has 0 aliphatic heterocycles. The van der Waals surface area contributed by atoms with Gasteiger partial charge in [0.15, 0.2) is 23.0 Å². The number of benzene rings is 2. The number of rotatable bonds is 17. The largest absolute Gasteiger partial charge is 0.487 e. The van der Waals surface area contributed by atoms with Crippen molar-refractivity contribution >= 4 is 0 Å². The van der Waals surface area contributed by atoms with Gasteiger partial charge in [-0.25, -0.2) is 0 Å². The Morgan fingerprint density at radius 2 is 0.853 bits per heavy atom. The molecule has 0 aliphatic rings. The van der Waals surface area contributed by atoms with E-state index in [0.29, 0.717) is 34.8 Å². The maximum Gasteiger partial charge on any atom is 0.161 e. The number of aliphatic hydroxyl groups is 4. The molecule has 0 aromatic heterocycles. The highest BCUT2D eigenvalue weighted by atomic mass is 16.5. The molecule has 0 amide bonds. The van der Waals surface area contributed by atoms with Gasteiger partial charge in [-0.15, -0.1) is 0 Å². The molecule has 0 saturated carbocycles. The minimum atomic E-state index is -0.0923. The maximum absolute atomic E-state index is 9.10. The van der Waals surface area contributed by atoms with E-state index in [2.05, 4.69) is 13.8 Å². The predicted octanol–water partition coefficient (Wildman–Crippen LogP) is 2.23. The van der Waals surface area contributed by atoms with Crippen LogP contribution in [0.2, 0.25) is 0 Å². The number of ether oxygens (including phenoxy) is 4. The summed E-state index contributed by atoms with van der Waals surface area (Å²) in [6, 6.07) is 11.5. The first-order valence-corrected chi connectivity index (χ1v) is 11.7. The van der Waals surface area contributed by atoms with Crippen molar-refractivity contribution in [2.45, 2.75) is 26.7 Å². The summed E-state index contributed by atoms with van der Waals surface area (Å²) in [6.45, 7) is 4.75. The lowest BCUT2D eigenvalue weighted by Crippen LogP contribution is -2.14. The van der Waals surface area contributed by atoms with Gasteiger partial charge in [-0.3, -0.25) is 0 Å². The standard InChI is InChI=1S/C26H38O8/c1-19(15-21-3-5-23(31-11-7-27)25(17-21)33-13-9-29)20(2)16-22-4-6-24(32-12-8-28)26(18-22)34-14-10-30/h3-6,17-20,27-30H,7-16H2,1-2H3/t19-,20-/m1/s1. The van der Waals surface area contributed by atoms with E-state index in [1.165, 1.54) is 0 Å². The summed E-state index contributed by atoms with van der Waals surface area (Å²) in [5.74, 6) is 2.94. The van der Waals surface area contributed by atoms with Crippen LogP contribution in [0, 0.1) is 11.8 Å². The Morgan fingerprint density at radius 1 is 0.529 bits per heavy atom. The summed E-state index contributed by atoms with van der Waals surface area (Å²) < 4.78 is 22.3. The Balaban J connectivity index is 2.06. The lowest BCUT2D eigenvalue weighted by Gasteiger charge is -2.22. The van der Waals surface area contributed by atoms with Gasteiger partial charge >= 0.3 is 0 Å². The molecular formula is C26H38O8. The van der Waals surface area contributed by atoms with Crippen LogP contribution in [0.3, 0.4) is 0 Å². The van der Waals surface area contributed by atoms with Gasteiger partial charge < -0.3 is 39.4 Å². The van der Waals surface area contributed by atoms with Crippen LogP contribution in [0.4, 0.5) is 0 Å². The Kier molecular flexibility index (Phi) is 12.6. The van der Waals surface area contributed by atoms with Crippen LogP contribution in [-0.2, 0) is 12.8 Å². The Labute approximate surface area is 201 Å². The van der Waals surface area contributed by atoms with Crippen molar-refractivity contribution in [1.82, 2.24) is 0 Å². The summed E-state index contributed by atoms with van der Waals surface area (Å²) in [5, 5.41) is 36.2. The Morgan fingerprint density at radius 3 is 1.18 bits per heavy atom. The molecule has 2 aromatic rings. The maximum atomic E-state index is 9.10. The molecule has 8 nitrogen and oxygen atoms in total. The zero-order chi connectivity index (χ0) is 24.8. The van der Waals surface area contributed by atoms with Crippen LogP contribution in [0.15, 0.2) is 36.4 Å². The zero-order valence-electron chi connectivity index (χ0n) is 20.1. The van der Waals surface area contributed by atoms with Crippen LogP contribution in [0.1, 0.15) is 25.0 Å². The highest BCUT2D eigenvalue weighted by molar-refractivity contribution is 5.44. The number of hydrogen-bond acceptors (Lipinski definition) is 8. The van der Waals surface area contributed by atoms with Crippen LogP contribution >= 0.6 is 0 Å². The van der Waals surface area contributed by atoms with Crippen molar-refractivity contribution < 1.29 is 39.4 Å². The summed E-state index contributed by atoms with van der Waals surface area (Å²) in [7, 11) is 0. The fraction of sp³-hybridized carbons (Fsp3) is 0.538. The lowest BCUT2D eigenvalue weighted by molar-refractivity contribution is 0.178. The van der Waals surface area contributed by atoms with Gasteiger partial charge in [0.1, 0.15) is 26.4 Å². The molecule has 0 bridgehead atoms. The fourth-order valence-corrected chi connectivity index (χ4v) is 3.59. The summed E-state index contributed by atoms with van der Waals surface area (Å²) in [5.41, 5.74) is 2.20. The molecule has 190 valence electrons. The second-order valence-electron chi connectivity index (χ2n) is 8.21. The van der Waals surface area contributed by atoms with Gasteiger partial charge in [0, 0.05) is 0 Å². The van der Waals surface area contributed by atoms with Gasteiger partial charge in [-0.2, -0.15) is 0 Å². The van der Waals surface area contributed by atoms with Crippen LogP contribution in [-0.4, -0.2) is 73.3 Å². The number of hydrogen-bond donors (Lipinski definition) is 4.